The van der Waals surface area contributed by atoms with Crippen LogP contribution in [-0.4, -0.2) is 11.9 Å². The monoisotopic (exact) mass is 397 g/mol. The molecule has 1 fully saturated rings. The summed E-state index contributed by atoms with van der Waals surface area (Å²) < 4.78 is 1.09. The molecule has 1 unspecified atom stereocenters. The zero-order valence-corrected chi connectivity index (χ0v) is 16.1. The molecular formula is C21H24BrN3. The van der Waals surface area contributed by atoms with E-state index in [9.17, 15) is 0 Å². The molecule has 4 heteroatoms. The number of aliphatic imine (C=N–C) groups is 1. The van der Waals surface area contributed by atoms with Gasteiger partial charge in [-0.3, -0.25) is 4.99 Å². The number of anilines is 2. The van der Waals surface area contributed by atoms with Gasteiger partial charge < -0.3 is 10.6 Å². The summed E-state index contributed by atoms with van der Waals surface area (Å²) in [5.74, 6) is 1.03. The Morgan fingerprint density at radius 1 is 0.960 bits per heavy atom. The van der Waals surface area contributed by atoms with Crippen LogP contribution in [-0.2, 0) is 5.54 Å². The Morgan fingerprint density at radius 3 is 2.36 bits per heavy atom. The number of hydrogen-bond donors (Lipinski definition) is 2. The third kappa shape index (κ3) is 3.32. The van der Waals surface area contributed by atoms with Gasteiger partial charge in [0.05, 0.1) is 17.4 Å². The van der Waals surface area contributed by atoms with Crippen molar-refractivity contribution < 1.29 is 0 Å². The topological polar surface area (TPSA) is 36.4 Å². The number of amidine groups is 1. The molecule has 0 aromatic heterocycles. The SMILES string of the molecule is CC1(c2ccc(Br)cc2)Nc2ccccc2NC1=NC1CCCCC1. The molecule has 2 aliphatic rings. The molecule has 130 valence electrons. The van der Waals surface area contributed by atoms with Crippen molar-refractivity contribution in [3.63, 3.8) is 0 Å². The minimum Gasteiger partial charge on any atom is -0.368 e. The largest absolute Gasteiger partial charge is 0.368 e. The number of nitrogens with zero attached hydrogens (tertiary/aromatic N) is 1. The smallest absolute Gasteiger partial charge is 0.131 e. The Balaban J connectivity index is 1.77. The van der Waals surface area contributed by atoms with Gasteiger partial charge in [0.25, 0.3) is 0 Å². The van der Waals surface area contributed by atoms with Crippen LogP contribution in [0, 0.1) is 0 Å². The Morgan fingerprint density at radius 2 is 1.64 bits per heavy atom. The van der Waals surface area contributed by atoms with Crippen molar-refractivity contribution in [1.82, 2.24) is 0 Å². The lowest BCUT2D eigenvalue weighted by Gasteiger charge is -2.40. The molecule has 1 saturated carbocycles. The predicted molar refractivity (Wildman–Crippen MR) is 109 cm³/mol. The van der Waals surface area contributed by atoms with Gasteiger partial charge in [-0.15, -0.1) is 0 Å². The van der Waals surface area contributed by atoms with E-state index in [0.29, 0.717) is 6.04 Å². The second-order valence-corrected chi connectivity index (χ2v) is 8.11. The summed E-state index contributed by atoms with van der Waals surface area (Å²) in [6, 6.07) is 17.3. The van der Waals surface area contributed by atoms with E-state index in [-0.39, 0.29) is 5.54 Å². The molecule has 2 N–H and O–H groups in total. The second kappa shape index (κ2) is 6.83. The van der Waals surface area contributed by atoms with E-state index in [2.05, 4.69) is 82.0 Å². The van der Waals surface area contributed by atoms with Gasteiger partial charge in [0, 0.05) is 4.47 Å². The fourth-order valence-electron chi connectivity index (χ4n) is 3.83. The van der Waals surface area contributed by atoms with Crippen LogP contribution < -0.4 is 10.6 Å². The summed E-state index contributed by atoms with van der Waals surface area (Å²) in [4.78, 5) is 5.18. The van der Waals surface area contributed by atoms with Crippen LogP contribution in [0.4, 0.5) is 11.4 Å². The quantitative estimate of drug-likeness (QED) is 0.658. The molecule has 4 rings (SSSR count). The first kappa shape index (κ1) is 16.6. The van der Waals surface area contributed by atoms with Crippen LogP contribution in [0.1, 0.15) is 44.6 Å². The molecule has 1 heterocycles. The van der Waals surface area contributed by atoms with Crippen LogP contribution in [0.2, 0.25) is 0 Å². The highest BCUT2D eigenvalue weighted by Crippen LogP contribution is 2.38. The molecule has 0 bridgehead atoms. The molecule has 1 aliphatic carbocycles. The van der Waals surface area contributed by atoms with Gasteiger partial charge in [-0.25, -0.2) is 0 Å². The number of fused-ring (bicyclic) bond motifs is 1. The first-order chi connectivity index (χ1) is 12.1. The average molecular weight is 398 g/mol. The summed E-state index contributed by atoms with van der Waals surface area (Å²) in [6.07, 6.45) is 6.33. The maximum Gasteiger partial charge on any atom is 0.131 e. The molecule has 2 aromatic rings. The number of para-hydroxylation sites is 2. The summed E-state index contributed by atoms with van der Waals surface area (Å²) in [6.45, 7) is 2.22. The van der Waals surface area contributed by atoms with Gasteiger partial charge >= 0.3 is 0 Å². The Bertz CT molecular complexity index is 778. The minimum absolute atomic E-state index is 0.355. The molecular weight excluding hydrogens is 374 g/mol. The third-order valence-electron chi connectivity index (χ3n) is 5.35. The number of rotatable bonds is 2. The van der Waals surface area contributed by atoms with Gasteiger partial charge in [-0.2, -0.15) is 0 Å². The highest BCUT2D eigenvalue weighted by molar-refractivity contribution is 9.10. The normalized spacial score (nSPS) is 25.1. The van der Waals surface area contributed by atoms with Crippen molar-refractivity contribution in [1.29, 1.82) is 0 Å². The number of benzene rings is 2. The lowest BCUT2D eigenvalue weighted by Crippen LogP contribution is -2.48. The molecule has 25 heavy (non-hydrogen) atoms. The zero-order chi connectivity index (χ0) is 17.3. The first-order valence-corrected chi connectivity index (χ1v) is 9.93. The van der Waals surface area contributed by atoms with E-state index >= 15 is 0 Å². The fourth-order valence-corrected chi connectivity index (χ4v) is 4.09. The summed E-state index contributed by atoms with van der Waals surface area (Å²) >= 11 is 3.54. The van der Waals surface area contributed by atoms with Crippen molar-refractivity contribution in [2.24, 2.45) is 4.99 Å². The fraction of sp³-hybridized carbons (Fsp3) is 0.381. The van der Waals surface area contributed by atoms with Crippen LogP contribution in [0.15, 0.2) is 58.0 Å². The van der Waals surface area contributed by atoms with E-state index in [1.807, 2.05) is 0 Å². The van der Waals surface area contributed by atoms with Crippen molar-refractivity contribution in [2.75, 3.05) is 10.6 Å². The third-order valence-corrected chi connectivity index (χ3v) is 5.88. The summed E-state index contributed by atoms with van der Waals surface area (Å²) in [5, 5.41) is 7.36. The number of hydrogen-bond acceptors (Lipinski definition) is 2. The molecule has 0 radical (unpaired) electrons. The van der Waals surface area contributed by atoms with Crippen molar-refractivity contribution in [2.45, 2.75) is 50.6 Å². The maximum absolute atomic E-state index is 5.18. The molecule has 0 spiro atoms. The van der Waals surface area contributed by atoms with E-state index in [0.717, 1.165) is 21.7 Å². The molecule has 2 aromatic carbocycles. The van der Waals surface area contributed by atoms with E-state index < -0.39 is 0 Å². The Kier molecular flexibility index (Phi) is 4.55. The van der Waals surface area contributed by atoms with Crippen molar-refractivity contribution in [3.8, 4) is 0 Å². The van der Waals surface area contributed by atoms with Gasteiger partial charge in [0.15, 0.2) is 0 Å². The van der Waals surface area contributed by atoms with Crippen LogP contribution in [0.3, 0.4) is 0 Å². The highest BCUT2D eigenvalue weighted by Gasteiger charge is 2.37. The van der Waals surface area contributed by atoms with Gasteiger partial charge in [-0.1, -0.05) is 59.5 Å². The van der Waals surface area contributed by atoms with Crippen LogP contribution in [0.5, 0.6) is 0 Å². The number of halogens is 1. The maximum atomic E-state index is 5.18. The van der Waals surface area contributed by atoms with E-state index in [1.54, 1.807) is 0 Å². The van der Waals surface area contributed by atoms with Gasteiger partial charge in [-0.05, 0) is 49.6 Å². The number of nitrogens with one attached hydrogen (secondary N) is 2. The molecule has 1 aliphatic heterocycles. The molecule has 0 amide bonds. The van der Waals surface area contributed by atoms with Gasteiger partial charge in [0.1, 0.15) is 11.4 Å². The van der Waals surface area contributed by atoms with E-state index in [1.165, 1.54) is 37.7 Å². The average Bonchev–Trinajstić information content (AvgIpc) is 2.64. The van der Waals surface area contributed by atoms with Gasteiger partial charge in [0.2, 0.25) is 0 Å². The minimum atomic E-state index is -0.355. The summed E-state index contributed by atoms with van der Waals surface area (Å²) in [5.41, 5.74) is 3.08. The second-order valence-electron chi connectivity index (χ2n) is 7.20. The highest BCUT2D eigenvalue weighted by atomic mass is 79.9. The molecule has 1 atom stereocenters. The lowest BCUT2D eigenvalue weighted by atomic mass is 9.87. The molecule has 3 nitrogen and oxygen atoms in total. The summed E-state index contributed by atoms with van der Waals surface area (Å²) in [7, 11) is 0. The van der Waals surface area contributed by atoms with Crippen LogP contribution >= 0.6 is 15.9 Å². The Hall–Kier alpha value is -1.81. The van der Waals surface area contributed by atoms with Crippen molar-refractivity contribution in [3.05, 3.63) is 58.6 Å². The Labute approximate surface area is 158 Å². The standard InChI is InChI=1S/C21H24BrN3/c1-21(15-11-13-16(22)14-12-15)20(23-17-7-3-2-4-8-17)24-18-9-5-6-10-19(18)25-21/h5-6,9-14,17,25H,2-4,7-8H2,1H3,(H,23,24). The predicted octanol–water partition coefficient (Wildman–Crippen LogP) is 5.93. The first-order valence-electron chi connectivity index (χ1n) is 9.14. The molecule has 0 saturated heterocycles. The van der Waals surface area contributed by atoms with Crippen LogP contribution in [0.25, 0.3) is 0 Å². The van der Waals surface area contributed by atoms with Crippen molar-refractivity contribution >= 4 is 33.1 Å². The zero-order valence-electron chi connectivity index (χ0n) is 14.6. The van der Waals surface area contributed by atoms with E-state index in [4.69, 9.17) is 4.99 Å². The lowest BCUT2D eigenvalue weighted by molar-refractivity contribution is 0.441.